The van der Waals surface area contributed by atoms with Gasteiger partial charge in [0.2, 0.25) is 0 Å². The van der Waals surface area contributed by atoms with Crippen LogP contribution in [0.15, 0.2) is 78.9 Å². The van der Waals surface area contributed by atoms with Gasteiger partial charge in [0.05, 0.1) is 0 Å². The molecule has 0 aromatic heterocycles. The molecule has 0 saturated carbocycles. The summed E-state index contributed by atoms with van der Waals surface area (Å²) in [6, 6.07) is 26.6. The Morgan fingerprint density at radius 3 is 2.27 bits per heavy atom. The molecular formula is C25H22O. The van der Waals surface area contributed by atoms with Gasteiger partial charge in [-0.15, -0.1) is 0 Å². The number of rotatable bonds is 4. The van der Waals surface area contributed by atoms with Crippen LogP contribution in [0, 0.1) is 18.8 Å². The predicted octanol–water partition coefficient (Wildman–Crippen LogP) is 5.90. The van der Waals surface area contributed by atoms with Crippen LogP contribution in [-0.4, -0.2) is 7.11 Å². The molecule has 3 aromatic carbocycles. The number of aryl methyl sites for hydroxylation is 1. The minimum absolute atomic E-state index is 0.234. The van der Waals surface area contributed by atoms with E-state index < -0.39 is 0 Å². The van der Waals surface area contributed by atoms with Crippen molar-refractivity contribution in [1.82, 2.24) is 0 Å². The summed E-state index contributed by atoms with van der Waals surface area (Å²) in [5.74, 6) is 6.58. The van der Waals surface area contributed by atoms with Crippen molar-refractivity contribution in [2.45, 2.75) is 13.0 Å². The largest absolute Gasteiger partial charge is 0.364 e. The van der Waals surface area contributed by atoms with Gasteiger partial charge in [0.15, 0.2) is 0 Å². The van der Waals surface area contributed by atoms with E-state index in [1.807, 2.05) is 48.5 Å². The van der Waals surface area contributed by atoms with Crippen LogP contribution in [0.5, 0.6) is 0 Å². The molecule has 0 fully saturated rings. The molecule has 128 valence electrons. The van der Waals surface area contributed by atoms with Gasteiger partial charge in [-0.3, -0.25) is 0 Å². The minimum atomic E-state index is -0.234. The fourth-order valence-corrected chi connectivity index (χ4v) is 2.79. The highest BCUT2D eigenvalue weighted by molar-refractivity contribution is 5.72. The van der Waals surface area contributed by atoms with Crippen molar-refractivity contribution in [3.63, 3.8) is 0 Å². The average Bonchev–Trinajstić information content (AvgIpc) is 2.69. The molecule has 1 heteroatoms. The first-order chi connectivity index (χ1) is 12.8. The van der Waals surface area contributed by atoms with Crippen LogP contribution in [-0.2, 0) is 4.74 Å². The van der Waals surface area contributed by atoms with Gasteiger partial charge in [0.1, 0.15) is 6.10 Å². The molecule has 0 spiro atoms. The van der Waals surface area contributed by atoms with Gasteiger partial charge in [-0.1, -0.05) is 96.8 Å². The maximum absolute atomic E-state index is 5.62. The normalized spacial score (nSPS) is 11.8. The van der Waals surface area contributed by atoms with E-state index in [4.69, 9.17) is 4.74 Å². The highest BCUT2D eigenvalue weighted by Gasteiger charge is 2.09. The third-order valence-electron chi connectivity index (χ3n) is 4.26. The van der Waals surface area contributed by atoms with E-state index in [0.717, 1.165) is 16.7 Å². The summed E-state index contributed by atoms with van der Waals surface area (Å²) in [5, 5.41) is 0. The smallest absolute Gasteiger partial charge is 0.143 e. The lowest BCUT2D eigenvalue weighted by Gasteiger charge is -2.11. The summed E-state index contributed by atoms with van der Waals surface area (Å²) < 4.78 is 5.62. The zero-order valence-corrected chi connectivity index (χ0v) is 15.1. The van der Waals surface area contributed by atoms with Gasteiger partial charge in [0.25, 0.3) is 0 Å². The lowest BCUT2D eigenvalue weighted by Crippen LogP contribution is -2.00. The topological polar surface area (TPSA) is 9.23 Å². The van der Waals surface area contributed by atoms with Crippen molar-refractivity contribution in [1.29, 1.82) is 0 Å². The Bertz CT molecular complexity index is 942. The van der Waals surface area contributed by atoms with E-state index in [9.17, 15) is 0 Å². The first-order valence-electron chi connectivity index (χ1n) is 8.70. The molecule has 0 aliphatic heterocycles. The van der Waals surface area contributed by atoms with Gasteiger partial charge in [-0.05, 0) is 35.2 Å². The van der Waals surface area contributed by atoms with E-state index in [-0.39, 0.29) is 6.10 Å². The molecule has 1 unspecified atom stereocenters. The second-order valence-electron chi connectivity index (χ2n) is 6.07. The van der Waals surface area contributed by atoms with Gasteiger partial charge >= 0.3 is 0 Å². The molecule has 0 radical (unpaired) electrons. The molecule has 0 amide bonds. The number of benzene rings is 3. The van der Waals surface area contributed by atoms with Crippen molar-refractivity contribution in [2.75, 3.05) is 7.11 Å². The molecule has 0 N–H and O–H groups in total. The van der Waals surface area contributed by atoms with Crippen LogP contribution in [0.3, 0.4) is 0 Å². The Morgan fingerprint density at radius 1 is 0.808 bits per heavy atom. The molecule has 26 heavy (non-hydrogen) atoms. The fourth-order valence-electron chi connectivity index (χ4n) is 2.79. The molecule has 3 rings (SSSR count). The second-order valence-corrected chi connectivity index (χ2v) is 6.07. The molecule has 0 saturated heterocycles. The van der Waals surface area contributed by atoms with Gasteiger partial charge in [-0.25, -0.2) is 0 Å². The monoisotopic (exact) mass is 338 g/mol. The fraction of sp³-hybridized carbons (Fsp3) is 0.120. The summed E-state index contributed by atoms with van der Waals surface area (Å²) in [5.41, 5.74) is 5.56. The van der Waals surface area contributed by atoms with E-state index in [0.29, 0.717) is 0 Å². The van der Waals surface area contributed by atoms with Crippen molar-refractivity contribution >= 4 is 12.2 Å². The van der Waals surface area contributed by atoms with Gasteiger partial charge in [-0.2, -0.15) is 0 Å². The number of ether oxygens (including phenoxy) is 1. The van der Waals surface area contributed by atoms with E-state index >= 15 is 0 Å². The Morgan fingerprint density at radius 2 is 1.50 bits per heavy atom. The first kappa shape index (κ1) is 17.7. The lowest BCUT2D eigenvalue weighted by atomic mass is 10.0. The standard InChI is InChI=1S/C25H22O/c1-20-10-6-9-15-24(20)25(26-2)19-18-23-14-8-7-13-22(23)17-16-21-11-4-3-5-12-21/h3-17,25H,1-2H3/b17-16-. The van der Waals surface area contributed by atoms with Gasteiger partial charge < -0.3 is 4.74 Å². The van der Waals surface area contributed by atoms with Crippen LogP contribution >= 0.6 is 0 Å². The minimum Gasteiger partial charge on any atom is -0.364 e. The number of hydrogen-bond acceptors (Lipinski definition) is 1. The van der Waals surface area contributed by atoms with Crippen molar-refractivity contribution < 1.29 is 4.74 Å². The van der Waals surface area contributed by atoms with E-state index in [2.05, 4.69) is 61.2 Å². The molecule has 0 bridgehead atoms. The zero-order chi connectivity index (χ0) is 18.2. The summed E-state index contributed by atoms with van der Waals surface area (Å²) in [7, 11) is 1.70. The lowest BCUT2D eigenvalue weighted by molar-refractivity contribution is 0.150. The second kappa shape index (κ2) is 8.85. The maximum atomic E-state index is 5.62. The summed E-state index contributed by atoms with van der Waals surface area (Å²) in [4.78, 5) is 0. The van der Waals surface area contributed by atoms with Crippen molar-refractivity contribution in [3.05, 3.63) is 107 Å². The summed E-state index contributed by atoms with van der Waals surface area (Å²) in [6.07, 6.45) is 3.98. The molecule has 0 aliphatic rings. The highest BCUT2D eigenvalue weighted by Crippen LogP contribution is 2.20. The van der Waals surface area contributed by atoms with E-state index in [1.165, 1.54) is 11.1 Å². The molecule has 1 atom stereocenters. The van der Waals surface area contributed by atoms with Gasteiger partial charge in [0, 0.05) is 12.7 Å². The predicted molar refractivity (Wildman–Crippen MR) is 110 cm³/mol. The molecular weight excluding hydrogens is 316 g/mol. The van der Waals surface area contributed by atoms with Crippen LogP contribution in [0.25, 0.3) is 12.2 Å². The van der Waals surface area contributed by atoms with Crippen LogP contribution in [0.1, 0.15) is 33.9 Å². The van der Waals surface area contributed by atoms with Crippen molar-refractivity contribution in [3.8, 4) is 11.8 Å². The molecule has 0 aliphatic carbocycles. The highest BCUT2D eigenvalue weighted by atomic mass is 16.5. The summed E-state index contributed by atoms with van der Waals surface area (Å²) >= 11 is 0. The Labute approximate surface area is 156 Å². The van der Waals surface area contributed by atoms with Crippen LogP contribution < -0.4 is 0 Å². The third-order valence-corrected chi connectivity index (χ3v) is 4.26. The zero-order valence-electron chi connectivity index (χ0n) is 15.1. The molecule has 3 aromatic rings. The first-order valence-corrected chi connectivity index (χ1v) is 8.70. The van der Waals surface area contributed by atoms with E-state index in [1.54, 1.807) is 7.11 Å². The number of methoxy groups -OCH3 is 1. The van der Waals surface area contributed by atoms with Crippen molar-refractivity contribution in [2.24, 2.45) is 0 Å². The quantitative estimate of drug-likeness (QED) is 0.425. The third kappa shape index (κ3) is 4.51. The number of hydrogen-bond donors (Lipinski definition) is 0. The average molecular weight is 338 g/mol. The SMILES string of the molecule is COC(C#Cc1ccccc1/C=C\c1ccccc1)c1ccccc1C. The molecule has 0 heterocycles. The Hall–Kier alpha value is -3.08. The van der Waals surface area contributed by atoms with Crippen LogP contribution in [0.2, 0.25) is 0 Å². The Kier molecular flexibility index (Phi) is 6.04. The molecule has 1 nitrogen and oxygen atoms in total. The summed E-state index contributed by atoms with van der Waals surface area (Å²) in [6.45, 7) is 2.08. The van der Waals surface area contributed by atoms with Crippen LogP contribution in [0.4, 0.5) is 0 Å². The Balaban J connectivity index is 1.88. The maximum Gasteiger partial charge on any atom is 0.143 e.